The van der Waals surface area contributed by atoms with Gasteiger partial charge in [0.05, 0.1) is 6.20 Å². The predicted octanol–water partition coefficient (Wildman–Crippen LogP) is 2.04. The zero-order valence-corrected chi connectivity index (χ0v) is 12.0. The number of aromatic amines is 1. The zero-order valence-electron chi connectivity index (χ0n) is 12.0. The summed E-state index contributed by atoms with van der Waals surface area (Å²) in [5.41, 5.74) is 0.495. The van der Waals surface area contributed by atoms with Crippen molar-refractivity contribution in [2.45, 2.75) is 45.1 Å². The van der Waals surface area contributed by atoms with Gasteiger partial charge in [-0.25, -0.2) is 0 Å². The molecule has 2 aromatic rings. The van der Waals surface area contributed by atoms with E-state index < -0.39 is 0 Å². The summed E-state index contributed by atoms with van der Waals surface area (Å²) < 4.78 is 1.63. The Bertz CT molecular complexity index is 659. The highest BCUT2D eigenvalue weighted by atomic mass is 16.1. The second-order valence-corrected chi connectivity index (χ2v) is 5.62. The van der Waals surface area contributed by atoms with Gasteiger partial charge in [0.25, 0.3) is 5.56 Å². The van der Waals surface area contributed by atoms with E-state index in [2.05, 4.69) is 27.3 Å². The van der Waals surface area contributed by atoms with Gasteiger partial charge >= 0.3 is 0 Å². The van der Waals surface area contributed by atoms with E-state index in [1.54, 1.807) is 17.9 Å². The van der Waals surface area contributed by atoms with Crippen molar-refractivity contribution in [3.63, 3.8) is 0 Å². The maximum atomic E-state index is 12.0. The lowest BCUT2D eigenvalue weighted by Crippen LogP contribution is -2.33. The number of rotatable bonds is 3. The van der Waals surface area contributed by atoms with Gasteiger partial charge in [0.15, 0.2) is 5.65 Å². The number of H-pyrrole nitrogens is 1. The Morgan fingerprint density at radius 3 is 3.05 bits per heavy atom. The van der Waals surface area contributed by atoms with Crippen LogP contribution < -0.4 is 10.9 Å². The number of anilines is 1. The molecule has 6 heteroatoms. The highest BCUT2D eigenvalue weighted by Crippen LogP contribution is 2.28. The van der Waals surface area contributed by atoms with Crippen LogP contribution in [0.4, 0.5) is 5.95 Å². The molecule has 1 saturated carbocycles. The fraction of sp³-hybridized carbons (Fsp3) is 0.643. The van der Waals surface area contributed by atoms with Crippen molar-refractivity contribution < 1.29 is 0 Å². The van der Waals surface area contributed by atoms with Crippen LogP contribution in [0.15, 0.2) is 11.0 Å². The van der Waals surface area contributed by atoms with Gasteiger partial charge in [-0.15, -0.1) is 0 Å². The minimum Gasteiger partial charge on any atom is -0.353 e. The fourth-order valence-electron chi connectivity index (χ4n) is 3.16. The van der Waals surface area contributed by atoms with Gasteiger partial charge in [0, 0.05) is 13.1 Å². The van der Waals surface area contributed by atoms with Gasteiger partial charge in [-0.3, -0.25) is 14.5 Å². The second kappa shape index (κ2) is 5.26. The molecular weight excluding hydrogens is 254 g/mol. The van der Waals surface area contributed by atoms with E-state index in [1.807, 2.05) is 0 Å². The maximum absolute atomic E-state index is 12.0. The van der Waals surface area contributed by atoms with Crippen molar-refractivity contribution in [1.29, 1.82) is 0 Å². The van der Waals surface area contributed by atoms with Crippen LogP contribution in [0.1, 0.15) is 39.0 Å². The summed E-state index contributed by atoms with van der Waals surface area (Å²) in [5.74, 6) is 1.23. The second-order valence-electron chi connectivity index (χ2n) is 5.62. The number of hydrogen-bond acceptors (Lipinski definition) is 4. The molecule has 0 spiro atoms. The lowest BCUT2D eigenvalue weighted by molar-refractivity contribution is 0.316. The summed E-state index contributed by atoms with van der Waals surface area (Å²) in [6.45, 7) is 2.23. The first kappa shape index (κ1) is 13.1. The number of aromatic nitrogens is 4. The average molecular weight is 275 g/mol. The summed E-state index contributed by atoms with van der Waals surface area (Å²) >= 11 is 0. The first-order chi connectivity index (χ1) is 9.69. The third kappa shape index (κ3) is 2.30. The topological polar surface area (TPSA) is 75.6 Å². The minimum absolute atomic E-state index is 0.130. The standard InChI is InChI=1S/C14H21N5O/c1-3-9-6-4-5-7-11(9)16-14-17-12-10(13(20)18-14)8-15-19(12)2/h8-9,11H,3-7H2,1-2H3,(H2,16,17,18,20)/t9-,11-/m0/s1. The number of fused-ring (bicyclic) bond motifs is 1. The van der Waals surface area contributed by atoms with Gasteiger partial charge < -0.3 is 5.32 Å². The molecule has 0 amide bonds. The van der Waals surface area contributed by atoms with E-state index in [1.165, 1.54) is 19.3 Å². The van der Waals surface area contributed by atoms with Gasteiger partial charge in [-0.2, -0.15) is 10.1 Å². The molecule has 0 aromatic carbocycles. The number of nitrogens with zero attached hydrogens (tertiary/aromatic N) is 3. The molecule has 0 saturated heterocycles. The Morgan fingerprint density at radius 2 is 2.25 bits per heavy atom. The Labute approximate surface area is 117 Å². The number of hydrogen-bond donors (Lipinski definition) is 2. The molecule has 1 fully saturated rings. The largest absolute Gasteiger partial charge is 0.353 e. The summed E-state index contributed by atoms with van der Waals surface area (Å²) in [4.78, 5) is 19.3. The Hall–Kier alpha value is -1.85. The van der Waals surface area contributed by atoms with E-state index in [9.17, 15) is 4.79 Å². The third-order valence-corrected chi connectivity index (χ3v) is 4.36. The molecule has 108 valence electrons. The minimum atomic E-state index is -0.130. The number of nitrogens with one attached hydrogen (secondary N) is 2. The molecule has 2 aromatic heterocycles. The third-order valence-electron chi connectivity index (χ3n) is 4.36. The van der Waals surface area contributed by atoms with Crippen molar-refractivity contribution in [2.24, 2.45) is 13.0 Å². The summed E-state index contributed by atoms with van der Waals surface area (Å²) in [6.07, 6.45) is 7.67. The molecule has 1 aliphatic rings. The van der Waals surface area contributed by atoms with Gasteiger partial charge in [-0.05, 0) is 18.8 Å². The van der Waals surface area contributed by atoms with E-state index in [4.69, 9.17) is 0 Å². The van der Waals surface area contributed by atoms with Crippen molar-refractivity contribution in [3.05, 3.63) is 16.6 Å². The predicted molar refractivity (Wildman–Crippen MR) is 78.8 cm³/mol. The van der Waals surface area contributed by atoms with Gasteiger partial charge in [-0.1, -0.05) is 26.2 Å². The molecule has 0 aliphatic heterocycles. The fourth-order valence-corrected chi connectivity index (χ4v) is 3.16. The van der Waals surface area contributed by atoms with E-state index in [0.29, 0.717) is 28.9 Å². The van der Waals surface area contributed by atoms with Crippen LogP contribution in [-0.4, -0.2) is 25.8 Å². The van der Waals surface area contributed by atoms with Crippen LogP contribution in [0.2, 0.25) is 0 Å². The normalized spacial score (nSPS) is 23.1. The van der Waals surface area contributed by atoms with E-state index in [-0.39, 0.29) is 5.56 Å². The Kier molecular flexibility index (Phi) is 3.46. The molecule has 2 atom stereocenters. The summed E-state index contributed by atoms with van der Waals surface area (Å²) in [5, 5.41) is 8.04. The highest BCUT2D eigenvalue weighted by molar-refractivity contribution is 5.74. The van der Waals surface area contributed by atoms with Gasteiger partial charge in [0.2, 0.25) is 5.95 Å². The first-order valence-corrected chi connectivity index (χ1v) is 7.37. The van der Waals surface area contributed by atoms with Crippen molar-refractivity contribution >= 4 is 17.0 Å². The summed E-state index contributed by atoms with van der Waals surface area (Å²) in [7, 11) is 1.80. The molecule has 2 heterocycles. The van der Waals surface area contributed by atoms with Crippen LogP contribution in [0.5, 0.6) is 0 Å². The van der Waals surface area contributed by atoms with Crippen LogP contribution in [0.25, 0.3) is 11.0 Å². The van der Waals surface area contributed by atoms with Crippen molar-refractivity contribution in [1.82, 2.24) is 19.7 Å². The molecule has 1 aliphatic carbocycles. The number of aryl methyl sites for hydroxylation is 1. The molecule has 0 bridgehead atoms. The maximum Gasteiger partial charge on any atom is 0.263 e. The molecular formula is C14H21N5O. The van der Waals surface area contributed by atoms with Crippen LogP contribution in [0, 0.1) is 5.92 Å². The summed E-state index contributed by atoms with van der Waals surface area (Å²) in [6, 6.07) is 0.405. The molecule has 2 N–H and O–H groups in total. The monoisotopic (exact) mass is 275 g/mol. The first-order valence-electron chi connectivity index (χ1n) is 7.37. The average Bonchev–Trinajstić information content (AvgIpc) is 2.82. The molecule has 0 unspecified atom stereocenters. The van der Waals surface area contributed by atoms with E-state index >= 15 is 0 Å². The lowest BCUT2D eigenvalue weighted by Gasteiger charge is -2.31. The van der Waals surface area contributed by atoms with Crippen molar-refractivity contribution in [2.75, 3.05) is 5.32 Å². The lowest BCUT2D eigenvalue weighted by atomic mass is 9.83. The van der Waals surface area contributed by atoms with Crippen molar-refractivity contribution in [3.8, 4) is 0 Å². The van der Waals surface area contributed by atoms with Crippen LogP contribution in [-0.2, 0) is 7.05 Å². The quantitative estimate of drug-likeness (QED) is 0.898. The highest BCUT2D eigenvalue weighted by Gasteiger charge is 2.24. The molecule has 20 heavy (non-hydrogen) atoms. The molecule has 3 rings (SSSR count). The molecule has 6 nitrogen and oxygen atoms in total. The zero-order chi connectivity index (χ0) is 14.1. The van der Waals surface area contributed by atoms with Crippen LogP contribution in [0.3, 0.4) is 0 Å². The van der Waals surface area contributed by atoms with E-state index in [0.717, 1.165) is 12.8 Å². The Morgan fingerprint density at radius 1 is 1.45 bits per heavy atom. The van der Waals surface area contributed by atoms with Gasteiger partial charge in [0.1, 0.15) is 5.39 Å². The van der Waals surface area contributed by atoms with Crippen LogP contribution >= 0.6 is 0 Å². The Balaban J connectivity index is 1.90. The molecule has 0 radical (unpaired) electrons. The SMILES string of the molecule is CC[C@H]1CCCC[C@@H]1Nc1nc2c(cnn2C)c(=O)[nH]1. The smallest absolute Gasteiger partial charge is 0.263 e.